The molecule has 2 N–H and O–H groups in total. The molecule has 0 aliphatic carbocycles. The number of thiophene rings is 1. The molecule has 3 heterocycles. The molecule has 0 spiro atoms. The fourth-order valence-electron chi connectivity index (χ4n) is 1.88. The summed E-state index contributed by atoms with van der Waals surface area (Å²) in [5, 5.41) is 3.08. The standard InChI is InChI=1S/C16H12N2O5S/c19-11(10-3-1-7-17-10)9-23-16(21)13-5-6-14(24-13)18-15(20)12-4-2-8-22-12/h1-8,17H,9H2,(H,18,20). The third kappa shape index (κ3) is 3.61. The highest BCUT2D eigenvalue weighted by molar-refractivity contribution is 7.18. The van der Waals surface area contributed by atoms with Crippen molar-refractivity contribution in [2.45, 2.75) is 0 Å². The van der Waals surface area contributed by atoms with Gasteiger partial charge in [0, 0.05) is 6.20 Å². The molecule has 24 heavy (non-hydrogen) atoms. The fraction of sp³-hybridized carbons (Fsp3) is 0.0625. The van der Waals surface area contributed by atoms with Gasteiger partial charge in [-0.2, -0.15) is 0 Å². The number of rotatable bonds is 6. The van der Waals surface area contributed by atoms with Gasteiger partial charge in [-0.1, -0.05) is 0 Å². The second kappa shape index (κ2) is 6.97. The molecule has 3 rings (SSSR count). The van der Waals surface area contributed by atoms with Gasteiger partial charge >= 0.3 is 5.97 Å². The zero-order valence-electron chi connectivity index (χ0n) is 12.3. The van der Waals surface area contributed by atoms with E-state index in [1.54, 1.807) is 30.5 Å². The zero-order valence-corrected chi connectivity index (χ0v) is 13.1. The number of amides is 1. The molecule has 0 saturated carbocycles. The van der Waals surface area contributed by atoms with E-state index in [1.165, 1.54) is 18.4 Å². The molecule has 0 bridgehead atoms. The molecule has 8 heteroatoms. The number of nitrogens with one attached hydrogen (secondary N) is 2. The first-order valence-electron chi connectivity index (χ1n) is 6.92. The van der Waals surface area contributed by atoms with Crippen LogP contribution in [0.3, 0.4) is 0 Å². The predicted molar refractivity (Wildman–Crippen MR) is 86.4 cm³/mol. The van der Waals surface area contributed by atoms with E-state index in [1.807, 2.05) is 0 Å². The first-order valence-corrected chi connectivity index (χ1v) is 7.73. The number of carbonyl (C=O) groups excluding carboxylic acids is 3. The van der Waals surface area contributed by atoms with Crippen LogP contribution in [0, 0.1) is 0 Å². The number of furan rings is 1. The summed E-state index contributed by atoms with van der Waals surface area (Å²) in [7, 11) is 0. The largest absolute Gasteiger partial charge is 0.459 e. The van der Waals surface area contributed by atoms with Crippen molar-refractivity contribution in [1.82, 2.24) is 4.98 Å². The third-order valence-corrected chi connectivity index (χ3v) is 4.00. The maximum atomic E-state index is 11.9. The topological polar surface area (TPSA) is 101 Å². The molecule has 0 unspecified atom stereocenters. The van der Waals surface area contributed by atoms with Crippen LogP contribution in [0.25, 0.3) is 0 Å². The monoisotopic (exact) mass is 344 g/mol. The van der Waals surface area contributed by atoms with Gasteiger partial charge in [-0.05, 0) is 36.4 Å². The molecular formula is C16H12N2O5S. The molecule has 0 saturated heterocycles. The number of carbonyl (C=O) groups is 3. The number of aromatic amines is 1. The molecule has 0 aliphatic heterocycles. The van der Waals surface area contributed by atoms with Gasteiger partial charge in [-0.3, -0.25) is 9.59 Å². The van der Waals surface area contributed by atoms with Gasteiger partial charge in [0.2, 0.25) is 5.78 Å². The van der Waals surface area contributed by atoms with Crippen LogP contribution < -0.4 is 5.32 Å². The number of ketones is 1. The SMILES string of the molecule is O=C(COC(=O)c1ccc(NC(=O)c2ccco2)s1)c1ccc[nH]1. The van der Waals surface area contributed by atoms with Crippen LogP contribution in [0.2, 0.25) is 0 Å². The number of aromatic nitrogens is 1. The maximum Gasteiger partial charge on any atom is 0.348 e. The van der Waals surface area contributed by atoms with E-state index < -0.39 is 11.9 Å². The second-order valence-corrected chi connectivity index (χ2v) is 5.76. The number of Topliss-reactive ketones (excluding diaryl/α,β-unsaturated/α-hetero) is 1. The lowest BCUT2D eigenvalue weighted by Crippen LogP contribution is -2.13. The third-order valence-electron chi connectivity index (χ3n) is 3.02. The number of esters is 1. The summed E-state index contributed by atoms with van der Waals surface area (Å²) < 4.78 is 9.96. The minimum atomic E-state index is -0.626. The molecule has 0 aliphatic rings. The average Bonchev–Trinajstić information content (AvgIpc) is 3.33. The van der Waals surface area contributed by atoms with E-state index in [0.717, 1.165) is 11.3 Å². The summed E-state index contributed by atoms with van der Waals surface area (Å²) in [6.07, 6.45) is 3.01. The van der Waals surface area contributed by atoms with Crippen LogP contribution >= 0.6 is 11.3 Å². The Bertz CT molecular complexity index is 849. The van der Waals surface area contributed by atoms with Crippen molar-refractivity contribution in [3.63, 3.8) is 0 Å². The number of hydrogen-bond acceptors (Lipinski definition) is 6. The molecule has 1 amide bonds. The molecule has 0 radical (unpaired) electrons. The highest BCUT2D eigenvalue weighted by atomic mass is 32.1. The quantitative estimate of drug-likeness (QED) is 0.529. The molecule has 3 aromatic heterocycles. The van der Waals surface area contributed by atoms with E-state index >= 15 is 0 Å². The molecule has 3 aromatic rings. The number of anilines is 1. The normalized spacial score (nSPS) is 10.3. The smallest absolute Gasteiger partial charge is 0.348 e. The summed E-state index contributed by atoms with van der Waals surface area (Å²) in [4.78, 5) is 38.6. The second-order valence-electron chi connectivity index (χ2n) is 4.68. The van der Waals surface area contributed by atoms with Gasteiger partial charge in [-0.15, -0.1) is 11.3 Å². The van der Waals surface area contributed by atoms with E-state index in [2.05, 4.69) is 10.3 Å². The van der Waals surface area contributed by atoms with Gasteiger partial charge in [0.1, 0.15) is 4.88 Å². The van der Waals surface area contributed by atoms with Crippen LogP contribution in [0.1, 0.15) is 30.7 Å². The van der Waals surface area contributed by atoms with Crippen molar-refractivity contribution >= 4 is 34.0 Å². The van der Waals surface area contributed by atoms with Crippen LogP contribution in [-0.4, -0.2) is 29.3 Å². The Morgan fingerprint density at radius 1 is 1.17 bits per heavy atom. The Morgan fingerprint density at radius 2 is 2.04 bits per heavy atom. The van der Waals surface area contributed by atoms with Crippen molar-refractivity contribution in [3.05, 3.63) is 65.2 Å². The highest BCUT2D eigenvalue weighted by Gasteiger charge is 2.16. The highest BCUT2D eigenvalue weighted by Crippen LogP contribution is 2.23. The minimum absolute atomic E-state index is 0.170. The van der Waals surface area contributed by atoms with Crippen LogP contribution in [-0.2, 0) is 4.74 Å². The van der Waals surface area contributed by atoms with E-state index in [0.29, 0.717) is 10.7 Å². The molecule has 0 atom stereocenters. The number of ether oxygens (including phenoxy) is 1. The molecule has 0 aromatic carbocycles. The summed E-state index contributed by atoms with van der Waals surface area (Å²) in [5.74, 6) is -1.19. The summed E-state index contributed by atoms with van der Waals surface area (Å²) >= 11 is 1.05. The summed E-state index contributed by atoms with van der Waals surface area (Å²) in [6, 6.07) is 9.52. The van der Waals surface area contributed by atoms with Gasteiger partial charge in [-0.25, -0.2) is 4.79 Å². The number of H-pyrrole nitrogens is 1. The Balaban J connectivity index is 1.55. The van der Waals surface area contributed by atoms with E-state index in [9.17, 15) is 14.4 Å². The molecular weight excluding hydrogens is 332 g/mol. The Hall–Kier alpha value is -3.13. The Morgan fingerprint density at radius 3 is 2.75 bits per heavy atom. The minimum Gasteiger partial charge on any atom is -0.459 e. The maximum absolute atomic E-state index is 11.9. The van der Waals surface area contributed by atoms with Gasteiger partial charge in [0.25, 0.3) is 5.91 Å². The van der Waals surface area contributed by atoms with Gasteiger partial charge in [0.15, 0.2) is 12.4 Å². The molecule has 122 valence electrons. The van der Waals surface area contributed by atoms with Crippen molar-refractivity contribution in [2.75, 3.05) is 11.9 Å². The molecule has 7 nitrogen and oxygen atoms in total. The first kappa shape index (κ1) is 15.8. The van der Waals surface area contributed by atoms with E-state index in [-0.39, 0.29) is 23.0 Å². The van der Waals surface area contributed by atoms with Crippen molar-refractivity contribution in [1.29, 1.82) is 0 Å². The van der Waals surface area contributed by atoms with E-state index in [4.69, 9.17) is 9.15 Å². The van der Waals surface area contributed by atoms with Gasteiger partial charge in [0.05, 0.1) is 17.0 Å². The van der Waals surface area contributed by atoms with Crippen molar-refractivity contribution in [2.24, 2.45) is 0 Å². The van der Waals surface area contributed by atoms with Crippen LogP contribution in [0.15, 0.2) is 53.3 Å². The Labute approximate surface area is 140 Å². The Kier molecular flexibility index (Phi) is 4.57. The van der Waals surface area contributed by atoms with Crippen molar-refractivity contribution in [3.8, 4) is 0 Å². The predicted octanol–water partition coefficient (Wildman–Crippen LogP) is 2.96. The lowest BCUT2D eigenvalue weighted by Gasteiger charge is -2.01. The first-order chi connectivity index (χ1) is 11.6. The van der Waals surface area contributed by atoms with Gasteiger partial charge < -0.3 is 19.5 Å². The zero-order chi connectivity index (χ0) is 16.9. The van der Waals surface area contributed by atoms with Crippen LogP contribution in [0.4, 0.5) is 5.00 Å². The summed E-state index contributed by atoms with van der Waals surface area (Å²) in [6.45, 7) is -0.356. The number of hydrogen-bond donors (Lipinski definition) is 2. The summed E-state index contributed by atoms with van der Waals surface area (Å²) in [5.41, 5.74) is 0.375. The average molecular weight is 344 g/mol. The van der Waals surface area contributed by atoms with Crippen LogP contribution in [0.5, 0.6) is 0 Å². The van der Waals surface area contributed by atoms with Crippen molar-refractivity contribution < 1.29 is 23.5 Å². The molecule has 0 fully saturated rings. The fourth-order valence-corrected chi connectivity index (χ4v) is 2.67. The lowest BCUT2D eigenvalue weighted by molar-refractivity contribution is 0.0478. The lowest BCUT2D eigenvalue weighted by atomic mass is 10.3.